The van der Waals surface area contributed by atoms with Crippen molar-refractivity contribution in [3.8, 4) is 0 Å². The fourth-order valence-electron chi connectivity index (χ4n) is 2.08. The number of hydrogen-bond acceptors (Lipinski definition) is 3. The van der Waals surface area contributed by atoms with Crippen LogP contribution in [0.4, 0.5) is 0 Å². The normalized spacial score (nSPS) is 22.3. The van der Waals surface area contributed by atoms with Crippen molar-refractivity contribution < 1.29 is 9.59 Å². The third-order valence-electron chi connectivity index (χ3n) is 3.19. The van der Waals surface area contributed by atoms with Crippen molar-refractivity contribution in [2.75, 3.05) is 26.3 Å². The van der Waals surface area contributed by atoms with Gasteiger partial charge in [0.1, 0.15) is 6.04 Å². The number of hydrogen-bond donors (Lipinski definition) is 1. The molecular weight excluding hydrogens is 206 g/mol. The van der Waals surface area contributed by atoms with E-state index in [1.54, 1.807) is 4.90 Å². The highest BCUT2D eigenvalue weighted by molar-refractivity contribution is 5.88. The molecule has 2 aliphatic heterocycles. The maximum atomic E-state index is 11.9. The Kier molecular flexibility index (Phi) is 3.43. The standard InChI is InChI=1S/C11H19N3O2/c1-2-9(14-5-3-4-10(14)15)11(16)12-8-13-6-7-13/h9H,2-8H2,1H3,(H,12,16). The Balaban J connectivity index is 1.86. The molecule has 0 aromatic carbocycles. The molecular formula is C11H19N3O2. The Hall–Kier alpha value is -1.10. The number of likely N-dealkylation sites (tertiary alicyclic amines) is 1. The molecule has 16 heavy (non-hydrogen) atoms. The average Bonchev–Trinajstić information content (AvgIpc) is 3.01. The van der Waals surface area contributed by atoms with Crippen molar-refractivity contribution in [1.29, 1.82) is 0 Å². The van der Waals surface area contributed by atoms with Gasteiger partial charge in [0.2, 0.25) is 11.8 Å². The molecule has 2 rings (SSSR count). The van der Waals surface area contributed by atoms with Gasteiger partial charge in [-0.1, -0.05) is 6.92 Å². The van der Waals surface area contributed by atoms with E-state index in [2.05, 4.69) is 10.2 Å². The van der Waals surface area contributed by atoms with E-state index in [-0.39, 0.29) is 17.9 Å². The maximum Gasteiger partial charge on any atom is 0.243 e. The summed E-state index contributed by atoms with van der Waals surface area (Å²) in [6.07, 6.45) is 2.17. The number of nitrogens with zero attached hydrogens (tertiary/aromatic N) is 2. The minimum absolute atomic E-state index is 0.00958. The first-order chi connectivity index (χ1) is 7.72. The molecule has 0 saturated carbocycles. The van der Waals surface area contributed by atoms with E-state index < -0.39 is 0 Å². The van der Waals surface area contributed by atoms with E-state index >= 15 is 0 Å². The zero-order valence-corrected chi connectivity index (χ0v) is 9.74. The maximum absolute atomic E-state index is 11.9. The quantitative estimate of drug-likeness (QED) is 0.658. The monoisotopic (exact) mass is 225 g/mol. The highest BCUT2D eigenvalue weighted by atomic mass is 16.2. The summed E-state index contributed by atoms with van der Waals surface area (Å²) < 4.78 is 0. The number of rotatable bonds is 5. The van der Waals surface area contributed by atoms with E-state index in [1.807, 2.05) is 6.92 Å². The van der Waals surface area contributed by atoms with Crippen LogP contribution in [0.2, 0.25) is 0 Å². The van der Waals surface area contributed by atoms with Crippen molar-refractivity contribution in [2.45, 2.75) is 32.2 Å². The van der Waals surface area contributed by atoms with Crippen LogP contribution in [0.25, 0.3) is 0 Å². The zero-order chi connectivity index (χ0) is 11.5. The second-order valence-corrected chi connectivity index (χ2v) is 4.43. The van der Waals surface area contributed by atoms with Crippen LogP contribution in [-0.2, 0) is 9.59 Å². The molecule has 0 bridgehead atoms. The van der Waals surface area contributed by atoms with Gasteiger partial charge < -0.3 is 10.2 Å². The van der Waals surface area contributed by atoms with Crippen LogP contribution in [0.5, 0.6) is 0 Å². The van der Waals surface area contributed by atoms with Gasteiger partial charge in [0, 0.05) is 26.1 Å². The lowest BCUT2D eigenvalue weighted by molar-refractivity contribution is -0.137. The third kappa shape index (κ3) is 2.52. The predicted octanol–water partition coefficient (Wildman–Crippen LogP) is -0.223. The molecule has 0 aromatic rings. The molecule has 0 aromatic heterocycles. The Morgan fingerprint density at radius 2 is 2.19 bits per heavy atom. The number of carbonyl (C=O) groups excluding carboxylic acids is 2. The molecule has 90 valence electrons. The smallest absolute Gasteiger partial charge is 0.243 e. The lowest BCUT2D eigenvalue weighted by atomic mass is 10.2. The minimum atomic E-state index is -0.269. The Morgan fingerprint density at radius 3 is 2.69 bits per heavy atom. The summed E-state index contributed by atoms with van der Waals surface area (Å²) in [7, 11) is 0. The van der Waals surface area contributed by atoms with E-state index in [0.29, 0.717) is 19.5 Å². The van der Waals surface area contributed by atoms with E-state index in [4.69, 9.17) is 0 Å². The molecule has 2 aliphatic rings. The molecule has 2 heterocycles. The molecule has 0 spiro atoms. The van der Waals surface area contributed by atoms with Gasteiger partial charge in [-0.25, -0.2) is 0 Å². The van der Waals surface area contributed by atoms with Gasteiger partial charge >= 0.3 is 0 Å². The summed E-state index contributed by atoms with van der Waals surface area (Å²) in [4.78, 5) is 27.3. The lowest BCUT2D eigenvalue weighted by Gasteiger charge is -2.25. The summed E-state index contributed by atoms with van der Waals surface area (Å²) >= 11 is 0. The van der Waals surface area contributed by atoms with E-state index in [1.165, 1.54) is 0 Å². The lowest BCUT2D eigenvalue weighted by Crippen LogP contribution is -2.48. The first-order valence-corrected chi connectivity index (χ1v) is 6.02. The highest BCUT2D eigenvalue weighted by Crippen LogP contribution is 2.16. The van der Waals surface area contributed by atoms with E-state index in [9.17, 15) is 9.59 Å². The van der Waals surface area contributed by atoms with Crippen LogP contribution < -0.4 is 5.32 Å². The van der Waals surface area contributed by atoms with E-state index in [0.717, 1.165) is 26.1 Å². The minimum Gasteiger partial charge on any atom is -0.342 e. The first-order valence-electron chi connectivity index (χ1n) is 6.02. The van der Waals surface area contributed by atoms with Crippen LogP contribution in [0, 0.1) is 0 Å². The summed E-state index contributed by atoms with van der Waals surface area (Å²) in [5.74, 6) is 0.110. The topological polar surface area (TPSA) is 52.4 Å². The van der Waals surface area contributed by atoms with Crippen LogP contribution >= 0.6 is 0 Å². The molecule has 5 heteroatoms. The Morgan fingerprint density at radius 1 is 1.44 bits per heavy atom. The molecule has 1 atom stereocenters. The van der Waals surface area contributed by atoms with Gasteiger partial charge in [-0.3, -0.25) is 14.5 Å². The summed E-state index contributed by atoms with van der Waals surface area (Å²) in [5.41, 5.74) is 0. The fraction of sp³-hybridized carbons (Fsp3) is 0.818. The van der Waals surface area contributed by atoms with Crippen molar-refractivity contribution in [3.05, 3.63) is 0 Å². The van der Waals surface area contributed by atoms with Gasteiger partial charge in [-0.15, -0.1) is 0 Å². The molecule has 2 fully saturated rings. The molecule has 2 amide bonds. The van der Waals surface area contributed by atoms with Gasteiger partial charge in [-0.05, 0) is 12.8 Å². The van der Waals surface area contributed by atoms with Gasteiger partial charge in [-0.2, -0.15) is 0 Å². The van der Waals surface area contributed by atoms with Gasteiger partial charge in [0.25, 0.3) is 0 Å². The third-order valence-corrected chi connectivity index (χ3v) is 3.19. The number of nitrogens with one attached hydrogen (secondary N) is 1. The van der Waals surface area contributed by atoms with Crippen LogP contribution in [0.1, 0.15) is 26.2 Å². The molecule has 0 radical (unpaired) electrons. The second kappa shape index (κ2) is 4.82. The zero-order valence-electron chi connectivity index (χ0n) is 9.74. The Bertz CT molecular complexity index is 289. The van der Waals surface area contributed by atoms with Crippen molar-refractivity contribution in [2.24, 2.45) is 0 Å². The number of carbonyl (C=O) groups is 2. The molecule has 5 nitrogen and oxygen atoms in total. The summed E-state index contributed by atoms with van der Waals surface area (Å²) in [5, 5.41) is 2.89. The van der Waals surface area contributed by atoms with Crippen LogP contribution in [-0.4, -0.2) is 54.0 Å². The summed E-state index contributed by atoms with van der Waals surface area (Å²) in [6.45, 7) is 5.44. The molecule has 1 unspecified atom stereocenters. The molecule has 2 saturated heterocycles. The van der Waals surface area contributed by atoms with Crippen molar-refractivity contribution in [1.82, 2.24) is 15.1 Å². The molecule has 1 N–H and O–H groups in total. The van der Waals surface area contributed by atoms with Crippen LogP contribution in [0.3, 0.4) is 0 Å². The van der Waals surface area contributed by atoms with Gasteiger partial charge in [0.05, 0.1) is 6.67 Å². The predicted molar refractivity (Wildman–Crippen MR) is 59.6 cm³/mol. The fourth-order valence-corrected chi connectivity index (χ4v) is 2.08. The highest BCUT2D eigenvalue weighted by Gasteiger charge is 2.31. The Labute approximate surface area is 95.8 Å². The largest absolute Gasteiger partial charge is 0.342 e. The molecule has 0 aliphatic carbocycles. The average molecular weight is 225 g/mol. The van der Waals surface area contributed by atoms with Crippen molar-refractivity contribution >= 4 is 11.8 Å². The second-order valence-electron chi connectivity index (χ2n) is 4.43. The SMILES string of the molecule is CCC(C(=O)NCN1CC1)N1CCCC1=O. The summed E-state index contributed by atoms with van der Waals surface area (Å²) in [6, 6.07) is -0.269. The number of amides is 2. The van der Waals surface area contributed by atoms with Crippen molar-refractivity contribution in [3.63, 3.8) is 0 Å². The van der Waals surface area contributed by atoms with Gasteiger partial charge in [0.15, 0.2) is 0 Å². The van der Waals surface area contributed by atoms with Crippen LogP contribution in [0.15, 0.2) is 0 Å². The first kappa shape index (κ1) is 11.4.